The molecule has 9 nitrogen and oxygen atoms in total. The maximum absolute atomic E-state index is 12.9. The van der Waals surface area contributed by atoms with E-state index in [9.17, 15) is 9.59 Å². The number of thiocarbonyl (C=S) groups is 1. The van der Waals surface area contributed by atoms with Crippen molar-refractivity contribution in [2.75, 3.05) is 4.90 Å². The van der Waals surface area contributed by atoms with E-state index in [0.717, 1.165) is 0 Å². The topological polar surface area (TPSA) is 117 Å². The van der Waals surface area contributed by atoms with Crippen LogP contribution in [0.15, 0.2) is 46.4 Å². The standard InChI is InChI=1S/C17H12N6O3S/c1-9-2-7-12(26-9)8-13-15(24)18-17(27)23(16(13)25)11-5-3-10(4-6-11)14-19-21-22-20-14/h2-8H,1H3,(H,18,24,27)(H,19,20,21,22). The zero-order valence-electron chi connectivity index (χ0n) is 14.0. The van der Waals surface area contributed by atoms with Crippen molar-refractivity contribution in [1.29, 1.82) is 0 Å². The maximum atomic E-state index is 12.9. The average Bonchev–Trinajstić information content (AvgIpc) is 3.31. The van der Waals surface area contributed by atoms with Gasteiger partial charge in [0.1, 0.15) is 17.1 Å². The van der Waals surface area contributed by atoms with E-state index >= 15 is 0 Å². The van der Waals surface area contributed by atoms with E-state index in [1.54, 1.807) is 43.3 Å². The molecule has 0 spiro atoms. The van der Waals surface area contributed by atoms with Crippen LogP contribution >= 0.6 is 12.2 Å². The van der Waals surface area contributed by atoms with Gasteiger partial charge >= 0.3 is 0 Å². The summed E-state index contributed by atoms with van der Waals surface area (Å²) in [4.78, 5) is 26.4. The molecule has 1 aliphatic rings. The van der Waals surface area contributed by atoms with Crippen molar-refractivity contribution in [2.24, 2.45) is 0 Å². The number of hydrogen-bond donors (Lipinski definition) is 2. The van der Waals surface area contributed by atoms with Crippen molar-refractivity contribution >= 4 is 40.9 Å². The summed E-state index contributed by atoms with van der Waals surface area (Å²) in [6, 6.07) is 10.2. The van der Waals surface area contributed by atoms with Gasteiger partial charge in [0.15, 0.2) is 5.11 Å². The summed E-state index contributed by atoms with van der Waals surface area (Å²) < 4.78 is 5.43. The molecule has 4 rings (SSSR count). The number of hydrogen-bond acceptors (Lipinski definition) is 7. The van der Waals surface area contributed by atoms with Crippen LogP contribution in [0.3, 0.4) is 0 Å². The lowest BCUT2D eigenvalue weighted by Crippen LogP contribution is -2.54. The molecule has 0 atom stereocenters. The van der Waals surface area contributed by atoms with E-state index in [-0.39, 0.29) is 10.7 Å². The maximum Gasteiger partial charge on any atom is 0.270 e. The van der Waals surface area contributed by atoms with Crippen LogP contribution in [0.25, 0.3) is 17.5 Å². The monoisotopic (exact) mass is 380 g/mol. The highest BCUT2D eigenvalue weighted by atomic mass is 32.1. The van der Waals surface area contributed by atoms with Gasteiger partial charge in [0.05, 0.1) is 5.69 Å². The van der Waals surface area contributed by atoms with Gasteiger partial charge in [-0.15, -0.1) is 10.2 Å². The first-order valence-corrected chi connectivity index (χ1v) is 8.25. The smallest absolute Gasteiger partial charge is 0.270 e. The highest BCUT2D eigenvalue weighted by Crippen LogP contribution is 2.24. The second kappa shape index (κ2) is 6.57. The number of amides is 2. The van der Waals surface area contributed by atoms with Crippen molar-refractivity contribution in [1.82, 2.24) is 25.9 Å². The summed E-state index contributed by atoms with van der Waals surface area (Å²) in [6.45, 7) is 1.78. The first-order valence-electron chi connectivity index (χ1n) is 7.85. The fraction of sp³-hybridized carbons (Fsp3) is 0.0588. The first kappa shape index (κ1) is 16.8. The molecule has 0 bridgehead atoms. The minimum absolute atomic E-state index is 0.00471. The van der Waals surface area contributed by atoms with E-state index in [2.05, 4.69) is 25.9 Å². The van der Waals surface area contributed by atoms with Crippen LogP contribution in [0, 0.1) is 6.92 Å². The minimum atomic E-state index is -0.571. The van der Waals surface area contributed by atoms with E-state index in [0.29, 0.717) is 28.6 Å². The minimum Gasteiger partial charge on any atom is -0.462 e. The van der Waals surface area contributed by atoms with Crippen LogP contribution < -0.4 is 10.2 Å². The Hall–Kier alpha value is -3.66. The molecule has 1 saturated heterocycles. The van der Waals surface area contributed by atoms with Crippen molar-refractivity contribution in [3.05, 3.63) is 53.5 Å². The van der Waals surface area contributed by atoms with Crippen LogP contribution in [0.2, 0.25) is 0 Å². The third-order valence-corrected chi connectivity index (χ3v) is 4.16. The zero-order valence-corrected chi connectivity index (χ0v) is 14.8. The number of aromatic amines is 1. The number of carbonyl (C=O) groups is 2. The first-order chi connectivity index (χ1) is 13.0. The quantitative estimate of drug-likeness (QED) is 0.403. The molecular weight excluding hydrogens is 368 g/mol. The Labute approximate surface area is 158 Å². The molecule has 2 aromatic heterocycles. The number of tetrazole rings is 1. The summed E-state index contributed by atoms with van der Waals surface area (Å²) >= 11 is 5.18. The van der Waals surface area contributed by atoms with Crippen LogP contribution in [-0.2, 0) is 9.59 Å². The van der Waals surface area contributed by atoms with Crippen LogP contribution in [-0.4, -0.2) is 37.6 Å². The highest BCUT2D eigenvalue weighted by molar-refractivity contribution is 7.80. The number of benzene rings is 1. The van der Waals surface area contributed by atoms with Crippen molar-refractivity contribution in [2.45, 2.75) is 6.92 Å². The summed E-state index contributed by atoms with van der Waals surface area (Å²) in [5.41, 5.74) is 1.15. The van der Waals surface area contributed by atoms with Gasteiger partial charge in [0.2, 0.25) is 5.82 Å². The number of H-pyrrole nitrogens is 1. The summed E-state index contributed by atoms with van der Waals surface area (Å²) in [7, 11) is 0. The van der Waals surface area contributed by atoms with Gasteiger partial charge in [0, 0.05) is 5.56 Å². The van der Waals surface area contributed by atoms with Crippen LogP contribution in [0.4, 0.5) is 5.69 Å². The summed E-state index contributed by atoms with van der Waals surface area (Å²) in [5, 5.41) is 16.2. The lowest BCUT2D eigenvalue weighted by atomic mass is 10.1. The van der Waals surface area contributed by atoms with Crippen LogP contribution in [0.5, 0.6) is 0 Å². The molecule has 3 aromatic rings. The van der Waals surface area contributed by atoms with Gasteiger partial charge in [0.25, 0.3) is 11.8 Å². The largest absolute Gasteiger partial charge is 0.462 e. The predicted molar refractivity (Wildman–Crippen MR) is 99.3 cm³/mol. The van der Waals surface area contributed by atoms with Gasteiger partial charge in [-0.25, -0.2) is 0 Å². The number of aromatic nitrogens is 4. The summed E-state index contributed by atoms with van der Waals surface area (Å²) in [6.07, 6.45) is 1.40. The molecule has 1 aromatic carbocycles. The van der Waals surface area contributed by atoms with Crippen molar-refractivity contribution < 1.29 is 14.0 Å². The highest BCUT2D eigenvalue weighted by Gasteiger charge is 2.34. The number of carbonyl (C=O) groups excluding carboxylic acids is 2. The molecule has 0 saturated carbocycles. The lowest BCUT2D eigenvalue weighted by molar-refractivity contribution is -0.122. The number of anilines is 1. The zero-order chi connectivity index (χ0) is 19.0. The van der Waals surface area contributed by atoms with Gasteiger partial charge < -0.3 is 4.42 Å². The molecule has 27 heavy (non-hydrogen) atoms. The Balaban J connectivity index is 1.67. The number of aryl methyl sites for hydroxylation is 1. The van der Waals surface area contributed by atoms with E-state index < -0.39 is 11.8 Å². The molecule has 3 heterocycles. The number of nitrogens with one attached hydrogen (secondary N) is 2. The van der Waals surface area contributed by atoms with Gasteiger partial charge in [-0.2, -0.15) is 5.21 Å². The molecule has 134 valence electrons. The Morgan fingerprint density at radius 3 is 2.56 bits per heavy atom. The average molecular weight is 380 g/mol. The third kappa shape index (κ3) is 3.13. The van der Waals surface area contributed by atoms with E-state index in [1.165, 1.54) is 11.0 Å². The molecule has 1 fully saturated rings. The van der Waals surface area contributed by atoms with Gasteiger partial charge in [-0.1, -0.05) is 0 Å². The number of rotatable bonds is 3. The van der Waals surface area contributed by atoms with Gasteiger partial charge in [-0.05, 0) is 66.8 Å². The fourth-order valence-electron chi connectivity index (χ4n) is 2.61. The molecule has 0 aliphatic carbocycles. The molecule has 0 unspecified atom stereocenters. The molecule has 2 N–H and O–H groups in total. The second-order valence-electron chi connectivity index (χ2n) is 5.69. The fourth-order valence-corrected chi connectivity index (χ4v) is 2.89. The Morgan fingerprint density at radius 2 is 1.93 bits per heavy atom. The SMILES string of the molecule is Cc1ccc(C=C2C(=O)NC(=S)N(c3ccc(-c4nn[nH]n4)cc3)C2=O)o1. The van der Waals surface area contributed by atoms with E-state index in [4.69, 9.17) is 16.6 Å². The van der Waals surface area contributed by atoms with E-state index in [1.807, 2.05) is 0 Å². The molecule has 10 heteroatoms. The molecule has 2 amide bonds. The normalized spacial score (nSPS) is 16.1. The Kier molecular flexibility index (Phi) is 4.09. The molecular formula is C17H12N6O3S. The number of nitrogens with zero attached hydrogens (tertiary/aromatic N) is 4. The van der Waals surface area contributed by atoms with Crippen LogP contribution in [0.1, 0.15) is 11.5 Å². The second-order valence-corrected chi connectivity index (χ2v) is 6.08. The Morgan fingerprint density at radius 1 is 1.15 bits per heavy atom. The molecule has 1 aliphatic heterocycles. The Bertz CT molecular complexity index is 1070. The third-order valence-electron chi connectivity index (χ3n) is 3.88. The predicted octanol–water partition coefficient (Wildman–Crippen LogP) is 1.60. The lowest BCUT2D eigenvalue weighted by Gasteiger charge is -2.28. The molecule has 0 radical (unpaired) electrons. The van der Waals surface area contributed by atoms with Gasteiger partial charge in [-0.3, -0.25) is 19.8 Å². The van der Waals surface area contributed by atoms with Crippen molar-refractivity contribution in [3.63, 3.8) is 0 Å². The number of furan rings is 1. The summed E-state index contributed by atoms with van der Waals surface area (Å²) in [5.74, 6) is 0.404. The van der Waals surface area contributed by atoms with Crippen molar-refractivity contribution in [3.8, 4) is 11.4 Å².